The van der Waals surface area contributed by atoms with Gasteiger partial charge in [-0.25, -0.2) is 5.43 Å². The lowest BCUT2D eigenvalue weighted by Crippen LogP contribution is -2.37. The molecule has 3 aromatic rings. The maximum absolute atomic E-state index is 12.3. The SMILES string of the molecule is COc1cc(/C=N\NC(=O)C(=O)NCc2ccc(C)cc2)cc(Br)c1OCC(=O)Nc1cc(Cl)cc(Cl)c1. The molecule has 3 rings (SSSR count). The predicted molar refractivity (Wildman–Crippen MR) is 150 cm³/mol. The molecule has 0 aromatic heterocycles. The van der Waals surface area contributed by atoms with Crippen LogP contribution in [0.25, 0.3) is 0 Å². The molecule has 0 spiro atoms. The zero-order chi connectivity index (χ0) is 27.7. The first-order valence-electron chi connectivity index (χ1n) is 11.1. The van der Waals surface area contributed by atoms with E-state index in [-0.39, 0.29) is 18.9 Å². The van der Waals surface area contributed by atoms with E-state index >= 15 is 0 Å². The van der Waals surface area contributed by atoms with E-state index in [9.17, 15) is 14.4 Å². The molecule has 0 fully saturated rings. The van der Waals surface area contributed by atoms with Gasteiger partial charge in [-0.2, -0.15) is 5.10 Å². The van der Waals surface area contributed by atoms with E-state index < -0.39 is 17.7 Å². The Kier molecular flexibility index (Phi) is 10.5. The zero-order valence-corrected chi connectivity index (χ0v) is 23.4. The van der Waals surface area contributed by atoms with Crippen molar-refractivity contribution in [3.05, 3.63) is 85.8 Å². The van der Waals surface area contributed by atoms with E-state index in [4.69, 9.17) is 32.7 Å². The van der Waals surface area contributed by atoms with Gasteiger partial charge in [-0.05, 0) is 64.3 Å². The highest BCUT2D eigenvalue weighted by atomic mass is 79.9. The molecule has 38 heavy (non-hydrogen) atoms. The van der Waals surface area contributed by atoms with E-state index in [0.29, 0.717) is 31.5 Å². The molecule has 0 aliphatic heterocycles. The molecule has 3 aromatic carbocycles. The number of methoxy groups -OCH3 is 1. The molecule has 0 aliphatic rings. The smallest absolute Gasteiger partial charge is 0.329 e. The lowest BCUT2D eigenvalue weighted by Gasteiger charge is -2.13. The summed E-state index contributed by atoms with van der Waals surface area (Å²) >= 11 is 15.3. The number of hydrogen-bond donors (Lipinski definition) is 3. The highest BCUT2D eigenvalue weighted by Gasteiger charge is 2.15. The van der Waals surface area contributed by atoms with Crippen molar-refractivity contribution < 1.29 is 23.9 Å². The van der Waals surface area contributed by atoms with E-state index in [1.165, 1.54) is 13.3 Å². The Hall–Kier alpha value is -3.60. The molecule has 0 bridgehead atoms. The van der Waals surface area contributed by atoms with Crippen LogP contribution in [0, 0.1) is 6.92 Å². The fourth-order valence-corrected chi connectivity index (χ4v) is 4.20. The second kappa shape index (κ2) is 13.8. The standard InChI is InChI=1S/C26H23BrCl2N4O5/c1-15-3-5-16(6-4-15)12-30-25(35)26(36)33-31-13-17-7-21(27)24(22(8-17)37-2)38-14-23(34)32-20-10-18(28)9-19(29)11-20/h3-11,13H,12,14H2,1-2H3,(H,30,35)(H,32,34)(H,33,36)/b31-13-. The lowest BCUT2D eigenvalue weighted by atomic mass is 10.1. The average molecular weight is 622 g/mol. The van der Waals surface area contributed by atoms with E-state index in [1.807, 2.05) is 31.2 Å². The number of ether oxygens (including phenoxy) is 2. The van der Waals surface area contributed by atoms with Gasteiger partial charge in [0.2, 0.25) is 0 Å². The van der Waals surface area contributed by atoms with Crippen molar-refractivity contribution >= 4 is 68.8 Å². The van der Waals surface area contributed by atoms with Gasteiger partial charge in [-0.15, -0.1) is 0 Å². The molecular weight excluding hydrogens is 599 g/mol. The van der Waals surface area contributed by atoms with Crippen molar-refractivity contribution in [2.24, 2.45) is 5.10 Å². The van der Waals surface area contributed by atoms with Gasteiger partial charge in [0, 0.05) is 22.3 Å². The van der Waals surface area contributed by atoms with Gasteiger partial charge in [-0.3, -0.25) is 14.4 Å². The maximum Gasteiger partial charge on any atom is 0.329 e. The second-order valence-electron chi connectivity index (χ2n) is 7.90. The summed E-state index contributed by atoms with van der Waals surface area (Å²) in [4.78, 5) is 36.4. The third-order valence-corrected chi connectivity index (χ3v) is 5.93. The summed E-state index contributed by atoms with van der Waals surface area (Å²) in [5, 5.41) is 9.77. The highest BCUT2D eigenvalue weighted by molar-refractivity contribution is 9.10. The number of aryl methyl sites for hydroxylation is 1. The fourth-order valence-electron chi connectivity index (χ4n) is 3.10. The van der Waals surface area contributed by atoms with Crippen LogP contribution in [0.5, 0.6) is 11.5 Å². The van der Waals surface area contributed by atoms with E-state index in [0.717, 1.165) is 11.1 Å². The Morgan fingerprint density at radius 2 is 1.68 bits per heavy atom. The van der Waals surface area contributed by atoms with Crippen LogP contribution in [-0.2, 0) is 20.9 Å². The monoisotopic (exact) mass is 620 g/mol. The highest BCUT2D eigenvalue weighted by Crippen LogP contribution is 2.36. The molecule has 0 aliphatic carbocycles. The average Bonchev–Trinajstić information content (AvgIpc) is 2.86. The minimum absolute atomic E-state index is 0.215. The molecule has 3 N–H and O–H groups in total. The molecular formula is C26H23BrCl2N4O5. The number of nitrogens with zero attached hydrogens (tertiary/aromatic N) is 1. The van der Waals surface area contributed by atoms with Crippen LogP contribution in [-0.4, -0.2) is 37.7 Å². The summed E-state index contributed by atoms with van der Waals surface area (Å²) < 4.78 is 11.5. The molecule has 0 radical (unpaired) electrons. The van der Waals surface area contributed by atoms with Crippen LogP contribution in [0.1, 0.15) is 16.7 Å². The van der Waals surface area contributed by atoms with Crippen molar-refractivity contribution in [2.75, 3.05) is 19.0 Å². The van der Waals surface area contributed by atoms with Crippen LogP contribution in [0.3, 0.4) is 0 Å². The predicted octanol–water partition coefficient (Wildman–Crippen LogP) is 4.86. The number of hydrazone groups is 1. The molecule has 0 saturated heterocycles. The Labute approximate surface area is 237 Å². The normalized spacial score (nSPS) is 10.7. The molecule has 198 valence electrons. The first-order valence-corrected chi connectivity index (χ1v) is 12.6. The Morgan fingerprint density at radius 1 is 1.00 bits per heavy atom. The van der Waals surface area contributed by atoms with Crippen molar-refractivity contribution in [3.63, 3.8) is 0 Å². The Morgan fingerprint density at radius 3 is 2.34 bits per heavy atom. The van der Waals surface area contributed by atoms with Crippen molar-refractivity contribution in [3.8, 4) is 11.5 Å². The molecule has 0 saturated carbocycles. The minimum atomic E-state index is -0.911. The number of carbonyl (C=O) groups is 3. The molecule has 0 unspecified atom stereocenters. The molecule has 9 nitrogen and oxygen atoms in total. The van der Waals surface area contributed by atoms with Crippen molar-refractivity contribution in [1.82, 2.24) is 10.7 Å². The Bertz CT molecular complexity index is 1350. The van der Waals surface area contributed by atoms with Crippen molar-refractivity contribution in [2.45, 2.75) is 13.5 Å². The van der Waals surface area contributed by atoms with Crippen LogP contribution in [0.2, 0.25) is 10.0 Å². The first-order chi connectivity index (χ1) is 18.1. The summed E-state index contributed by atoms with van der Waals surface area (Å²) in [6, 6.07) is 15.5. The van der Waals surface area contributed by atoms with Crippen LogP contribution in [0.15, 0.2) is 64.2 Å². The summed E-state index contributed by atoms with van der Waals surface area (Å²) in [6.07, 6.45) is 1.33. The number of nitrogens with one attached hydrogen (secondary N) is 3. The van der Waals surface area contributed by atoms with Crippen molar-refractivity contribution in [1.29, 1.82) is 0 Å². The number of benzene rings is 3. The van der Waals surface area contributed by atoms with Gasteiger partial charge < -0.3 is 20.1 Å². The van der Waals surface area contributed by atoms with E-state index in [2.05, 4.69) is 37.1 Å². The number of hydrogen-bond acceptors (Lipinski definition) is 6. The lowest BCUT2D eigenvalue weighted by molar-refractivity contribution is -0.139. The third-order valence-electron chi connectivity index (χ3n) is 4.91. The quantitative estimate of drug-likeness (QED) is 0.179. The van der Waals surface area contributed by atoms with Crippen LogP contribution < -0.4 is 25.5 Å². The molecule has 12 heteroatoms. The van der Waals surface area contributed by atoms with Gasteiger partial charge >= 0.3 is 11.8 Å². The maximum atomic E-state index is 12.3. The van der Waals surface area contributed by atoms with Gasteiger partial charge in [0.15, 0.2) is 18.1 Å². The van der Waals surface area contributed by atoms with E-state index in [1.54, 1.807) is 30.3 Å². The number of carbonyl (C=O) groups excluding carboxylic acids is 3. The number of anilines is 1. The molecule has 0 heterocycles. The van der Waals surface area contributed by atoms with Crippen LogP contribution >= 0.6 is 39.1 Å². The van der Waals surface area contributed by atoms with Gasteiger partial charge in [0.25, 0.3) is 5.91 Å². The number of halogens is 3. The molecule has 0 atom stereocenters. The third kappa shape index (κ3) is 8.76. The summed E-state index contributed by atoms with van der Waals surface area (Å²) in [6.45, 7) is 1.86. The Balaban J connectivity index is 1.55. The van der Waals surface area contributed by atoms with Gasteiger partial charge in [-0.1, -0.05) is 53.0 Å². The summed E-state index contributed by atoms with van der Waals surface area (Å²) in [5.74, 6) is -1.58. The second-order valence-corrected chi connectivity index (χ2v) is 9.62. The minimum Gasteiger partial charge on any atom is -0.493 e. The topological polar surface area (TPSA) is 118 Å². The zero-order valence-electron chi connectivity index (χ0n) is 20.3. The van der Waals surface area contributed by atoms with Gasteiger partial charge in [0.1, 0.15) is 0 Å². The largest absolute Gasteiger partial charge is 0.493 e. The number of amides is 3. The van der Waals surface area contributed by atoms with Crippen LogP contribution in [0.4, 0.5) is 5.69 Å². The molecule has 3 amide bonds. The fraction of sp³-hybridized carbons (Fsp3) is 0.154. The van der Waals surface area contributed by atoms with Gasteiger partial charge in [0.05, 0.1) is 17.8 Å². The first kappa shape index (κ1) is 29.0. The summed E-state index contributed by atoms with van der Waals surface area (Å²) in [5.41, 5.74) is 5.10. The number of rotatable bonds is 9. The summed E-state index contributed by atoms with van der Waals surface area (Å²) in [7, 11) is 1.43.